The lowest BCUT2D eigenvalue weighted by molar-refractivity contribution is 0.0600. The number of fused-ring (bicyclic) bond motifs is 1. The molecule has 0 atom stereocenters. The number of ether oxygens (including phenoxy) is 1. The topological polar surface area (TPSA) is 59.7 Å². The Kier molecular flexibility index (Phi) is 2.11. The highest BCUT2D eigenvalue weighted by atomic mass is 16.5. The summed E-state index contributed by atoms with van der Waals surface area (Å²) in [6, 6.07) is 4.60. The fourth-order valence-corrected chi connectivity index (χ4v) is 1.56. The molecule has 1 aromatic heterocycles. The van der Waals surface area contributed by atoms with E-state index in [4.69, 9.17) is 4.42 Å². The molecule has 2 aromatic rings. The van der Waals surface area contributed by atoms with Crippen LogP contribution in [0, 0.1) is 6.92 Å². The molecule has 0 aliphatic heterocycles. The van der Waals surface area contributed by atoms with Gasteiger partial charge in [-0.15, -0.1) is 0 Å². The molecule has 0 saturated carbocycles. The van der Waals surface area contributed by atoms with Gasteiger partial charge in [0.1, 0.15) is 22.7 Å². The Hall–Kier alpha value is -1.97. The first-order valence-corrected chi connectivity index (χ1v) is 4.44. The Morgan fingerprint density at radius 3 is 2.87 bits per heavy atom. The van der Waals surface area contributed by atoms with E-state index in [1.165, 1.54) is 19.2 Å². The molecule has 15 heavy (non-hydrogen) atoms. The number of furan rings is 1. The van der Waals surface area contributed by atoms with Crippen LogP contribution in [-0.4, -0.2) is 18.2 Å². The van der Waals surface area contributed by atoms with E-state index in [2.05, 4.69) is 4.74 Å². The number of methoxy groups -OCH3 is 1. The summed E-state index contributed by atoms with van der Waals surface area (Å²) in [5.41, 5.74) is 0.889. The van der Waals surface area contributed by atoms with Crippen LogP contribution in [0.3, 0.4) is 0 Å². The predicted molar refractivity (Wildman–Crippen MR) is 54.0 cm³/mol. The molecule has 78 valence electrons. The van der Waals surface area contributed by atoms with Gasteiger partial charge in [-0.3, -0.25) is 0 Å². The van der Waals surface area contributed by atoms with Crippen LogP contribution in [0.2, 0.25) is 0 Å². The average Bonchev–Trinajstić information content (AvgIpc) is 2.52. The van der Waals surface area contributed by atoms with E-state index in [-0.39, 0.29) is 5.75 Å². The summed E-state index contributed by atoms with van der Waals surface area (Å²) < 4.78 is 9.99. The number of rotatable bonds is 1. The molecule has 2 rings (SSSR count). The van der Waals surface area contributed by atoms with Gasteiger partial charge in [0.2, 0.25) is 0 Å². The van der Waals surface area contributed by atoms with E-state index in [0.29, 0.717) is 22.3 Å². The van der Waals surface area contributed by atoms with Crippen molar-refractivity contribution in [2.24, 2.45) is 0 Å². The number of hydrogen-bond donors (Lipinski definition) is 1. The molecule has 0 saturated heterocycles. The van der Waals surface area contributed by atoms with Crippen LogP contribution in [0.25, 0.3) is 11.0 Å². The number of carbonyl (C=O) groups excluding carboxylic acids is 1. The van der Waals surface area contributed by atoms with Crippen LogP contribution in [0.4, 0.5) is 0 Å². The van der Waals surface area contributed by atoms with Crippen LogP contribution < -0.4 is 0 Å². The zero-order valence-electron chi connectivity index (χ0n) is 8.40. The largest absolute Gasteiger partial charge is 0.508 e. The number of esters is 1. The Morgan fingerprint density at radius 2 is 2.20 bits per heavy atom. The lowest BCUT2D eigenvalue weighted by atomic mass is 10.1. The summed E-state index contributed by atoms with van der Waals surface area (Å²) in [4.78, 5) is 11.4. The van der Waals surface area contributed by atoms with Crippen molar-refractivity contribution in [3.63, 3.8) is 0 Å². The normalized spacial score (nSPS) is 10.5. The van der Waals surface area contributed by atoms with Gasteiger partial charge < -0.3 is 14.3 Å². The molecule has 0 amide bonds. The predicted octanol–water partition coefficient (Wildman–Crippen LogP) is 2.23. The number of hydrogen-bond acceptors (Lipinski definition) is 4. The van der Waals surface area contributed by atoms with Crippen LogP contribution in [0.5, 0.6) is 5.75 Å². The monoisotopic (exact) mass is 206 g/mol. The number of phenols is 1. The summed E-state index contributed by atoms with van der Waals surface area (Å²) in [6.45, 7) is 1.68. The van der Waals surface area contributed by atoms with Crippen LogP contribution >= 0.6 is 0 Å². The number of carbonyl (C=O) groups is 1. The summed E-state index contributed by atoms with van der Waals surface area (Å²) >= 11 is 0. The third kappa shape index (κ3) is 1.44. The van der Waals surface area contributed by atoms with Gasteiger partial charge >= 0.3 is 5.97 Å². The number of aryl methyl sites for hydroxylation is 1. The molecule has 1 heterocycles. The zero-order chi connectivity index (χ0) is 11.0. The smallest absolute Gasteiger partial charge is 0.342 e. The first kappa shape index (κ1) is 9.58. The van der Waals surface area contributed by atoms with Crippen molar-refractivity contribution in [1.82, 2.24) is 0 Å². The Labute approximate surface area is 86.1 Å². The zero-order valence-corrected chi connectivity index (χ0v) is 8.40. The van der Waals surface area contributed by atoms with Crippen molar-refractivity contribution in [2.45, 2.75) is 6.92 Å². The van der Waals surface area contributed by atoms with E-state index in [1.807, 2.05) is 0 Å². The van der Waals surface area contributed by atoms with Crippen molar-refractivity contribution in [3.8, 4) is 5.75 Å². The molecule has 0 spiro atoms. The highest BCUT2D eigenvalue weighted by Crippen LogP contribution is 2.28. The van der Waals surface area contributed by atoms with E-state index in [1.54, 1.807) is 13.0 Å². The standard InChI is InChI=1S/C11H10O4/c1-6-10(11(13)14-2)8-4-3-7(12)5-9(8)15-6/h3-5,12H,1-2H3. The van der Waals surface area contributed by atoms with E-state index in [9.17, 15) is 9.90 Å². The van der Waals surface area contributed by atoms with E-state index >= 15 is 0 Å². The quantitative estimate of drug-likeness (QED) is 0.727. The molecule has 1 aromatic carbocycles. The molecule has 0 fully saturated rings. The SMILES string of the molecule is COC(=O)c1c(C)oc2cc(O)ccc12. The minimum Gasteiger partial charge on any atom is -0.508 e. The first-order chi connectivity index (χ1) is 7.13. The lowest BCUT2D eigenvalue weighted by Gasteiger charge is -1.96. The minimum atomic E-state index is -0.433. The fourth-order valence-electron chi connectivity index (χ4n) is 1.56. The highest BCUT2D eigenvalue weighted by Gasteiger charge is 2.18. The molecule has 1 N–H and O–H groups in total. The van der Waals surface area contributed by atoms with Crippen LogP contribution in [-0.2, 0) is 4.74 Å². The molecule has 4 heteroatoms. The highest BCUT2D eigenvalue weighted by molar-refractivity contribution is 6.04. The van der Waals surface area contributed by atoms with Gasteiger partial charge in [-0.1, -0.05) is 0 Å². The molecule has 0 aliphatic rings. The number of benzene rings is 1. The van der Waals surface area contributed by atoms with Crippen molar-refractivity contribution >= 4 is 16.9 Å². The van der Waals surface area contributed by atoms with Gasteiger partial charge in [-0.25, -0.2) is 4.79 Å². The maximum atomic E-state index is 11.4. The van der Waals surface area contributed by atoms with Gasteiger partial charge in [-0.2, -0.15) is 0 Å². The molecule has 0 aliphatic carbocycles. The summed E-state index contributed by atoms with van der Waals surface area (Å²) in [7, 11) is 1.32. The summed E-state index contributed by atoms with van der Waals surface area (Å²) in [6.07, 6.45) is 0. The van der Waals surface area contributed by atoms with E-state index in [0.717, 1.165) is 0 Å². The van der Waals surface area contributed by atoms with Crippen LogP contribution in [0.1, 0.15) is 16.1 Å². The Bertz CT molecular complexity index is 525. The van der Waals surface area contributed by atoms with Gasteiger partial charge in [0.25, 0.3) is 0 Å². The minimum absolute atomic E-state index is 0.104. The number of aromatic hydroxyl groups is 1. The maximum Gasteiger partial charge on any atom is 0.342 e. The third-order valence-corrected chi connectivity index (χ3v) is 2.24. The Balaban J connectivity index is 2.73. The molecule has 0 unspecified atom stereocenters. The fraction of sp³-hybridized carbons (Fsp3) is 0.182. The van der Waals surface area contributed by atoms with Gasteiger partial charge in [0.15, 0.2) is 0 Å². The molecular weight excluding hydrogens is 196 g/mol. The molecular formula is C11H10O4. The summed E-state index contributed by atoms with van der Waals surface area (Å²) in [5.74, 6) is 0.159. The summed E-state index contributed by atoms with van der Waals surface area (Å²) in [5, 5.41) is 9.90. The second-order valence-electron chi connectivity index (χ2n) is 3.21. The van der Waals surface area contributed by atoms with E-state index < -0.39 is 5.97 Å². The molecule has 0 bridgehead atoms. The average molecular weight is 206 g/mol. The second kappa shape index (κ2) is 3.31. The first-order valence-electron chi connectivity index (χ1n) is 4.44. The second-order valence-corrected chi connectivity index (χ2v) is 3.21. The number of phenolic OH excluding ortho intramolecular Hbond substituents is 1. The van der Waals surface area contributed by atoms with Crippen molar-refractivity contribution in [3.05, 3.63) is 29.5 Å². The van der Waals surface area contributed by atoms with Crippen LogP contribution in [0.15, 0.2) is 22.6 Å². The van der Waals surface area contributed by atoms with Crippen molar-refractivity contribution in [2.75, 3.05) is 7.11 Å². The van der Waals surface area contributed by atoms with Crippen molar-refractivity contribution < 1.29 is 19.1 Å². The van der Waals surface area contributed by atoms with Gasteiger partial charge in [-0.05, 0) is 19.1 Å². The lowest BCUT2D eigenvalue weighted by Crippen LogP contribution is -2.01. The van der Waals surface area contributed by atoms with Crippen molar-refractivity contribution in [1.29, 1.82) is 0 Å². The third-order valence-electron chi connectivity index (χ3n) is 2.24. The van der Waals surface area contributed by atoms with Gasteiger partial charge in [0.05, 0.1) is 7.11 Å². The van der Waals surface area contributed by atoms with Gasteiger partial charge in [0, 0.05) is 11.5 Å². The molecule has 0 radical (unpaired) electrons. The maximum absolute atomic E-state index is 11.4. The Morgan fingerprint density at radius 1 is 1.47 bits per heavy atom. The molecule has 4 nitrogen and oxygen atoms in total.